The molecule has 1 unspecified atom stereocenters. The Kier molecular flexibility index (Phi) is 4.63. The van der Waals surface area contributed by atoms with Gasteiger partial charge in [-0.05, 0) is 37.6 Å². The summed E-state index contributed by atoms with van der Waals surface area (Å²) in [5, 5.41) is 8.79. The summed E-state index contributed by atoms with van der Waals surface area (Å²) < 4.78 is 13.4. The van der Waals surface area contributed by atoms with E-state index in [0.29, 0.717) is 12.1 Å². The second-order valence-corrected chi connectivity index (χ2v) is 4.14. The highest BCUT2D eigenvalue weighted by Crippen LogP contribution is 2.21. The van der Waals surface area contributed by atoms with Gasteiger partial charge in [0.05, 0.1) is 6.54 Å². The Hall–Kier alpha value is -1.42. The molecule has 0 radical (unpaired) electrons. The molecule has 3 nitrogen and oxygen atoms in total. The highest BCUT2D eigenvalue weighted by molar-refractivity contribution is 5.69. The molecular formula is C13H18FNO2. The summed E-state index contributed by atoms with van der Waals surface area (Å²) in [5.74, 6) is -1.12. The number of carbonyl (C=O) groups is 1. The molecule has 0 aliphatic heterocycles. The molecular weight excluding hydrogens is 221 g/mol. The van der Waals surface area contributed by atoms with Gasteiger partial charge in [0.15, 0.2) is 0 Å². The Labute approximate surface area is 101 Å². The van der Waals surface area contributed by atoms with Crippen molar-refractivity contribution in [2.75, 3.05) is 13.1 Å². The molecule has 17 heavy (non-hydrogen) atoms. The second-order valence-electron chi connectivity index (χ2n) is 4.14. The van der Waals surface area contributed by atoms with E-state index in [1.165, 1.54) is 6.07 Å². The van der Waals surface area contributed by atoms with Gasteiger partial charge >= 0.3 is 5.97 Å². The zero-order valence-electron chi connectivity index (χ0n) is 10.4. The number of aliphatic carboxylic acids is 1. The molecule has 4 heteroatoms. The van der Waals surface area contributed by atoms with E-state index in [4.69, 9.17) is 5.11 Å². The molecule has 0 saturated heterocycles. The predicted molar refractivity (Wildman–Crippen MR) is 64.4 cm³/mol. The monoisotopic (exact) mass is 239 g/mol. The van der Waals surface area contributed by atoms with Crippen LogP contribution in [0.2, 0.25) is 0 Å². The van der Waals surface area contributed by atoms with Crippen molar-refractivity contribution in [1.29, 1.82) is 0 Å². The first-order chi connectivity index (χ1) is 7.95. The van der Waals surface area contributed by atoms with Gasteiger partial charge < -0.3 is 5.11 Å². The molecule has 0 aliphatic carbocycles. The normalized spacial score (nSPS) is 12.8. The molecule has 0 saturated carbocycles. The molecule has 0 aliphatic rings. The Morgan fingerprint density at radius 2 is 2.18 bits per heavy atom. The number of hydrogen-bond donors (Lipinski definition) is 1. The Morgan fingerprint density at radius 1 is 1.53 bits per heavy atom. The first-order valence-electron chi connectivity index (χ1n) is 5.67. The van der Waals surface area contributed by atoms with Crippen LogP contribution in [-0.4, -0.2) is 29.1 Å². The molecule has 1 aromatic carbocycles. The SMILES string of the molecule is CCN(CC(=O)O)C(C)c1ccc(C)c(F)c1. The molecule has 1 atom stereocenters. The van der Waals surface area contributed by atoms with Crippen LogP contribution < -0.4 is 0 Å². The molecule has 1 rings (SSSR count). The maximum atomic E-state index is 13.4. The minimum absolute atomic E-state index is 0.0346. The van der Waals surface area contributed by atoms with Crippen molar-refractivity contribution < 1.29 is 14.3 Å². The van der Waals surface area contributed by atoms with Gasteiger partial charge in [0.25, 0.3) is 0 Å². The van der Waals surface area contributed by atoms with Gasteiger partial charge in [0, 0.05) is 6.04 Å². The van der Waals surface area contributed by atoms with Crippen molar-refractivity contribution in [3.8, 4) is 0 Å². The summed E-state index contributed by atoms with van der Waals surface area (Å²) >= 11 is 0. The van der Waals surface area contributed by atoms with E-state index in [-0.39, 0.29) is 18.4 Å². The van der Waals surface area contributed by atoms with Gasteiger partial charge in [-0.3, -0.25) is 9.69 Å². The topological polar surface area (TPSA) is 40.5 Å². The van der Waals surface area contributed by atoms with Crippen LogP contribution in [0.3, 0.4) is 0 Å². The van der Waals surface area contributed by atoms with Crippen molar-refractivity contribution in [1.82, 2.24) is 4.90 Å². The first kappa shape index (κ1) is 13.6. The lowest BCUT2D eigenvalue weighted by Gasteiger charge is -2.26. The number of benzene rings is 1. The van der Waals surface area contributed by atoms with Crippen LogP contribution in [-0.2, 0) is 4.79 Å². The van der Waals surface area contributed by atoms with Crippen LogP contribution in [0.25, 0.3) is 0 Å². The van der Waals surface area contributed by atoms with Gasteiger partial charge in [-0.1, -0.05) is 19.1 Å². The number of likely N-dealkylation sites (N-methyl/N-ethyl adjacent to an activating group) is 1. The third kappa shape index (κ3) is 3.53. The summed E-state index contributed by atoms with van der Waals surface area (Å²) in [7, 11) is 0. The quantitative estimate of drug-likeness (QED) is 0.858. The van der Waals surface area contributed by atoms with E-state index in [2.05, 4.69) is 0 Å². The number of aryl methyl sites for hydroxylation is 1. The summed E-state index contributed by atoms with van der Waals surface area (Å²) in [6.45, 7) is 6.06. The molecule has 0 spiro atoms. The van der Waals surface area contributed by atoms with Crippen LogP contribution in [0.5, 0.6) is 0 Å². The average Bonchev–Trinajstić information content (AvgIpc) is 2.28. The standard InChI is InChI=1S/C13H18FNO2/c1-4-15(8-13(16)17)10(3)11-6-5-9(2)12(14)7-11/h5-7,10H,4,8H2,1-3H3,(H,16,17). The fourth-order valence-electron chi connectivity index (χ4n) is 1.78. The molecule has 0 fully saturated rings. The first-order valence-corrected chi connectivity index (χ1v) is 5.67. The molecule has 0 heterocycles. The lowest BCUT2D eigenvalue weighted by atomic mass is 10.0. The smallest absolute Gasteiger partial charge is 0.317 e. The molecule has 0 aromatic heterocycles. The largest absolute Gasteiger partial charge is 0.480 e. The number of halogens is 1. The molecule has 0 amide bonds. The van der Waals surface area contributed by atoms with Gasteiger partial charge in [-0.25, -0.2) is 4.39 Å². The molecule has 0 bridgehead atoms. The van der Waals surface area contributed by atoms with Crippen LogP contribution in [0.4, 0.5) is 4.39 Å². The minimum Gasteiger partial charge on any atom is -0.480 e. The van der Waals surface area contributed by atoms with Gasteiger partial charge in [-0.2, -0.15) is 0 Å². The zero-order valence-corrected chi connectivity index (χ0v) is 10.4. The lowest BCUT2D eigenvalue weighted by molar-refractivity contribution is -0.138. The van der Waals surface area contributed by atoms with E-state index >= 15 is 0 Å². The van der Waals surface area contributed by atoms with Crippen LogP contribution in [0, 0.1) is 12.7 Å². The van der Waals surface area contributed by atoms with Crippen molar-refractivity contribution in [3.05, 3.63) is 35.1 Å². The van der Waals surface area contributed by atoms with Crippen molar-refractivity contribution in [3.63, 3.8) is 0 Å². The molecule has 1 N–H and O–H groups in total. The van der Waals surface area contributed by atoms with Crippen LogP contribution in [0.1, 0.15) is 31.0 Å². The number of hydrogen-bond acceptors (Lipinski definition) is 2. The van der Waals surface area contributed by atoms with Gasteiger partial charge in [0.2, 0.25) is 0 Å². The van der Waals surface area contributed by atoms with Crippen LogP contribution >= 0.6 is 0 Å². The highest BCUT2D eigenvalue weighted by Gasteiger charge is 2.17. The molecule has 1 aromatic rings. The zero-order chi connectivity index (χ0) is 13.0. The van der Waals surface area contributed by atoms with Gasteiger partial charge in [0.1, 0.15) is 5.82 Å². The maximum absolute atomic E-state index is 13.4. The summed E-state index contributed by atoms with van der Waals surface area (Å²) in [6, 6.07) is 4.93. The average molecular weight is 239 g/mol. The van der Waals surface area contributed by atoms with Crippen LogP contribution in [0.15, 0.2) is 18.2 Å². The van der Waals surface area contributed by atoms with E-state index in [9.17, 15) is 9.18 Å². The third-order valence-corrected chi connectivity index (χ3v) is 2.97. The number of rotatable bonds is 5. The summed E-state index contributed by atoms with van der Waals surface area (Å²) in [4.78, 5) is 12.5. The van der Waals surface area contributed by atoms with Gasteiger partial charge in [-0.15, -0.1) is 0 Å². The summed E-state index contributed by atoms with van der Waals surface area (Å²) in [6.07, 6.45) is 0. The predicted octanol–water partition coefficient (Wildman–Crippen LogP) is 2.60. The van der Waals surface area contributed by atoms with E-state index in [1.54, 1.807) is 17.9 Å². The fourth-order valence-corrected chi connectivity index (χ4v) is 1.78. The lowest BCUT2D eigenvalue weighted by Crippen LogP contribution is -2.32. The second kappa shape index (κ2) is 5.77. The maximum Gasteiger partial charge on any atom is 0.317 e. The van der Waals surface area contributed by atoms with E-state index in [1.807, 2.05) is 19.9 Å². The Bertz CT molecular complexity index is 406. The third-order valence-electron chi connectivity index (χ3n) is 2.97. The van der Waals surface area contributed by atoms with Crippen molar-refractivity contribution in [2.45, 2.75) is 26.8 Å². The number of carboxylic acids is 1. The Morgan fingerprint density at radius 3 is 2.65 bits per heavy atom. The van der Waals surface area contributed by atoms with E-state index < -0.39 is 5.97 Å². The highest BCUT2D eigenvalue weighted by atomic mass is 19.1. The number of nitrogens with zero attached hydrogens (tertiary/aromatic N) is 1. The fraction of sp³-hybridized carbons (Fsp3) is 0.462. The Balaban J connectivity index is 2.89. The minimum atomic E-state index is -0.869. The van der Waals surface area contributed by atoms with E-state index in [0.717, 1.165) is 5.56 Å². The van der Waals surface area contributed by atoms with Crippen molar-refractivity contribution >= 4 is 5.97 Å². The number of carboxylic acid groups (broad SMARTS) is 1. The van der Waals surface area contributed by atoms with Crippen molar-refractivity contribution in [2.24, 2.45) is 0 Å². The molecule has 94 valence electrons. The summed E-state index contributed by atoms with van der Waals surface area (Å²) in [5.41, 5.74) is 1.40.